The fraction of sp³-hybridized carbons (Fsp3) is 0.312. The SMILES string of the molecule is Cc1ccc([C@H]2c3cc(OCc4ccc(C(=O)N(C)Cc5ccco5)o4)ccc3CCN2C(=O)C2CC2)cc1. The van der Waals surface area contributed by atoms with Gasteiger partial charge in [0.05, 0.1) is 18.8 Å². The molecular formula is C32H32N2O5. The molecule has 2 amide bonds. The van der Waals surface area contributed by atoms with Gasteiger partial charge in [0, 0.05) is 19.5 Å². The van der Waals surface area contributed by atoms with Gasteiger partial charge in [0.2, 0.25) is 5.91 Å². The average Bonchev–Trinajstić information content (AvgIpc) is 3.47. The minimum absolute atomic E-state index is 0.136. The number of carbonyl (C=O) groups is 2. The summed E-state index contributed by atoms with van der Waals surface area (Å²) in [5.41, 5.74) is 4.64. The number of ether oxygens (including phenoxy) is 1. The zero-order valence-corrected chi connectivity index (χ0v) is 22.3. The Hall–Kier alpha value is -4.26. The second-order valence-corrected chi connectivity index (χ2v) is 10.5. The Labute approximate surface area is 228 Å². The largest absolute Gasteiger partial charge is 0.486 e. The number of aryl methyl sites for hydroxylation is 1. The van der Waals surface area contributed by atoms with Gasteiger partial charge in [-0.15, -0.1) is 0 Å². The van der Waals surface area contributed by atoms with Gasteiger partial charge in [0.15, 0.2) is 5.76 Å². The van der Waals surface area contributed by atoms with E-state index in [2.05, 4.69) is 48.2 Å². The predicted octanol–water partition coefficient (Wildman–Crippen LogP) is 5.92. The zero-order chi connectivity index (χ0) is 26.9. The molecule has 7 heteroatoms. The molecule has 4 aromatic rings. The van der Waals surface area contributed by atoms with Gasteiger partial charge in [-0.1, -0.05) is 35.9 Å². The molecule has 200 valence electrons. The smallest absolute Gasteiger partial charge is 0.289 e. The highest BCUT2D eigenvalue weighted by molar-refractivity contribution is 5.91. The van der Waals surface area contributed by atoms with E-state index in [1.54, 1.807) is 36.4 Å². The summed E-state index contributed by atoms with van der Waals surface area (Å²) >= 11 is 0. The van der Waals surface area contributed by atoms with Crippen LogP contribution < -0.4 is 4.74 Å². The van der Waals surface area contributed by atoms with Crippen LogP contribution in [0.3, 0.4) is 0 Å². The van der Waals surface area contributed by atoms with Crippen LogP contribution in [0.15, 0.2) is 81.8 Å². The summed E-state index contributed by atoms with van der Waals surface area (Å²) in [6, 6.07) is 21.5. The van der Waals surface area contributed by atoms with Crippen LogP contribution in [0.1, 0.15) is 63.2 Å². The van der Waals surface area contributed by atoms with E-state index in [0.29, 0.717) is 23.8 Å². The summed E-state index contributed by atoms with van der Waals surface area (Å²) in [6.45, 7) is 3.34. The topological polar surface area (TPSA) is 76.1 Å². The number of hydrogen-bond donors (Lipinski definition) is 0. The molecule has 0 bridgehead atoms. The Morgan fingerprint density at radius 1 is 1.03 bits per heavy atom. The monoisotopic (exact) mass is 524 g/mol. The van der Waals surface area contributed by atoms with Crippen LogP contribution in [0, 0.1) is 12.8 Å². The van der Waals surface area contributed by atoms with Gasteiger partial charge in [0.1, 0.15) is 23.9 Å². The van der Waals surface area contributed by atoms with Gasteiger partial charge in [-0.2, -0.15) is 0 Å². The number of fused-ring (bicyclic) bond motifs is 1. The van der Waals surface area contributed by atoms with Crippen molar-refractivity contribution in [3.63, 3.8) is 0 Å². The number of hydrogen-bond acceptors (Lipinski definition) is 5. The van der Waals surface area contributed by atoms with Crippen LogP contribution >= 0.6 is 0 Å². The highest BCUT2D eigenvalue weighted by atomic mass is 16.5. The molecule has 3 heterocycles. The number of amides is 2. The van der Waals surface area contributed by atoms with Crippen molar-refractivity contribution in [2.24, 2.45) is 5.92 Å². The van der Waals surface area contributed by atoms with Crippen LogP contribution in [0.25, 0.3) is 0 Å². The summed E-state index contributed by atoms with van der Waals surface area (Å²) in [4.78, 5) is 29.6. The molecule has 2 aromatic carbocycles. The molecule has 6 rings (SSSR count). The molecule has 39 heavy (non-hydrogen) atoms. The first-order valence-corrected chi connectivity index (χ1v) is 13.5. The van der Waals surface area contributed by atoms with E-state index in [-0.39, 0.29) is 36.1 Å². The number of furan rings is 2. The second-order valence-electron chi connectivity index (χ2n) is 10.5. The lowest BCUT2D eigenvalue weighted by Crippen LogP contribution is -2.41. The number of nitrogens with zero attached hydrogens (tertiary/aromatic N) is 2. The van der Waals surface area contributed by atoms with Gasteiger partial charge in [-0.25, -0.2) is 0 Å². The third-order valence-electron chi connectivity index (χ3n) is 7.52. The lowest BCUT2D eigenvalue weighted by atomic mass is 9.87. The molecule has 2 aromatic heterocycles. The highest BCUT2D eigenvalue weighted by Crippen LogP contribution is 2.41. The van der Waals surface area contributed by atoms with E-state index in [9.17, 15) is 9.59 Å². The first kappa shape index (κ1) is 25.0. The Balaban J connectivity index is 1.19. The highest BCUT2D eigenvalue weighted by Gasteiger charge is 2.39. The quantitative estimate of drug-likeness (QED) is 0.286. The molecule has 0 radical (unpaired) electrons. The standard InChI is InChI=1S/C32H32N2O5/c1-21-5-7-23(8-6-21)30-28-18-25(12-11-22(28)15-16-34(30)31(35)24-9-10-24)38-20-27-13-14-29(39-27)32(36)33(2)19-26-4-3-17-37-26/h3-8,11-14,17-18,24,30H,9-10,15-16,19-20H2,1-2H3/t30-/m0/s1. The molecule has 0 saturated heterocycles. The molecule has 0 unspecified atom stereocenters. The molecule has 1 atom stereocenters. The average molecular weight is 525 g/mol. The summed E-state index contributed by atoms with van der Waals surface area (Å²) in [5, 5.41) is 0. The number of benzene rings is 2. The Bertz CT molecular complexity index is 1470. The third-order valence-corrected chi connectivity index (χ3v) is 7.52. The van der Waals surface area contributed by atoms with E-state index >= 15 is 0 Å². The zero-order valence-electron chi connectivity index (χ0n) is 22.3. The molecule has 7 nitrogen and oxygen atoms in total. The maximum absolute atomic E-state index is 13.3. The lowest BCUT2D eigenvalue weighted by Gasteiger charge is -2.38. The molecule has 1 fully saturated rings. The van der Waals surface area contributed by atoms with Crippen molar-refractivity contribution in [2.75, 3.05) is 13.6 Å². The van der Waals surface area contributed by atoms with Gasteiger partial charge in [0.25, 0.3) is 5.91 Å². The summed E-state index contributed by atoms with van der Waals surface area (Å²) < 4.78 is 17.3. The molecule has 0 N–H and O–H groups in total. The molecule has 1 saturated carbocycles. The van der Waals surface area contributed by atoms with Crippen molar-refractivity contribution in [3.8, 4) is 5.75 Å². The third kappa shape index (κ3) is 5.35. The predicted molar refractivity (Wildman–Crippen MR) is 145 cm³/mol. The van der Waals surface area contributed by atoms with Crippen LogP contribution in [0.4, 0.5) is 0 Å². The van der Waals surface area contributed by atoms with Crippen molar-refractivity contribution in [2.45, 2.75) is 45.4 Å². The summed E-state index contributed by atoms with van der Waals surface area (Å²) in [5.74, 6) is 2.40. The maximum Gasteiger partial charge on any atom is 0.289 e. The minimum Gasteiger partial charge on any atom is -0.486 e. The van der Waals surface area contributed by atoms with Gasteiger partial charge < -0.3 is 23.4 Å². The van der Waals surface area contributed by atoms with E-state index in [0.717, 1.165) is 36.9 Å². The summed E-state index contributed by atoms with van der Waals surface area (Å²) in [7, 11) is 1.71. The molecule has 2 aliphatic rings. The van der Waals surface area contributed by atoms with E-state index in [1.807, 2.05) is 12.1 Å². The summed E-state index contributed by atoms with van der Waals surface area (Å²) in [6.07, 6.45) is 4.38. The van der Waals surface area contributed by atoms with Crippen molar-refractivity contribution < 1.29 is 23.2 Å². The fourth-order valence-corrected chi connectivity index (χ4v) is 5.21. The normalized spacial score (nSPS) is 16.6. The number of carbonyl (C=O) groups excluding carboxylic acids is 2. The van der Waals surface area contributed by atoms with E-state index in [4.69, 9.17) is 13.6 Å². The Kier molecular flexibility index (Phi) is 6.73. The molecule has 1 aliphatic carbocycles. The van der Waals surface area contributed by atoms with Gasteiger partial charge in [-0.05, 0) is 79.3 Å². The van der Waals surface area contributed by atoms with Crippen LogP contribution in [0.5, 0.6) is 5.75 Å². The Morgan fingerprint density at radius 2 is 1.85 bits per heavy atom. The maximum atomic E-state index is 13.3. The van der Waals surface area contributed by atoms with E-state index < -0.39 is 0 Å². The van der Waals surface area contributed by atoms with Crippen molar-refractivity contribution in [1.29, 1.82) is 0 Å². The van der Waals surface area contributed by atoms with Crippen LogP contribution in [-0.2, 0) is 24.4 Å². The van der Waals surface area contributed by atoms with Crippen molar-refractivity contribution >= 4 is 11.8 Å². The van der Waals surface area contributed by atoms with Crippen LogP contribution in [-0.4, -0.2) is 35.2 Å². The molecular weight excluding hydrogens is 492 g/mol. The van der Waals surface area contributed by atoms with Gasteiger partial charge in [-0.3, -0.25) is 9.59 Å². The minimum atomic E-state index is -0.229. The fourth-order valence-electron chi connectivity index (χ4n) is 5.21. The molecule has 0 spiro atoms. The Morgan fingerprint density at radius 3 is 2.59 bits per heavy atom. The van der Waals surface area contributed by atoms with Gasteiger partial charge >= 0.3 is 0 Å². The van der Waals surface area contributed by atoms with Crippen molar-refractivity contribution in [1.82, 2.24) is 9.80 Å². The molecule has 1 aliphatic heterocycles. The van der Waals surface area contributed by atoms with E-state index in [1.165, 1.54) is 11.1 Å². The first-order valence-electron chi connectivity index (χ1n) is 13.5. The second kappa shape index (κ2) is 10.5. The van der Waals surface area contributed by atoms with Crippen molar-refractivity contribution in [3.05, 3.63) is 113 Å². The van der Waals surface area contributed by atoms with Crippen LogP contribution in [0.2, 0.25) is 0 Å². The first-order chi connectivity index (χ1) is 19.0. The lowest BCUT2D eigenvalue weighted by molar-refractivity contribution is -0.134. The number of rotatable bonds is 8.